The highest BCUT2D eigenvalue weighted by Gasteiger charge is 2.66. The summed E-state index contributed by atoms with van der Waals surface area (Å²) in [4.78, 5) is 24.7. The molecule has 0 aliphatic carbocycles. The second kappa shape index (κ2) is 7.91. The molecule has 0 radical (unpaired) electrons. The highest BCUT2D eigenvalue weighted by atomic mass is 127. The molecule has 1 aromatic carbocycles. The Morgan fingerprint density at radius 3 is 2.58 bits per heavy atom. The lowest BCUT2D eigenvalue weighted by molar-refractivity contribution is -0.187. The lowest BCUT2D eigenvalue weighted by Crippen LogP contribution is -2.53. The standard InChI is InChI=1S/C18H15F4IO9S/c19-17(20,18(21,22)33(26,27)28)4-5-29-14(24)9-6-12-16(7-11(9)30-12)31-13-8(15(25)32-16)2-1-3-10(13)23/h1-3,9,11-12H,4-7H2,(H,26,27,28). The number of rotatable bonds is 6. The van der Waals surface area contributed by atoms with Crippen LogP contribution in [0.15, 0.2) is 18.2 Å². The molecule has 2 bridgehead atoms. The number of esters is 2. The van der Waals surface area contributed by atoms with Gasteiger partial charge in [0.15, 0.2) is 5.75 Å². The van der Waals surface area contributed by atoms with E-state index in [1.54, 1.807) is 12.1 Å². The number of hydrogen-bond donors (Lipinski definition) is 1. The zero-order valence-corrected chi connectivity index (χ0v) is 19.3. The van der Waals surface area contributed by atoms with E-state index in [-0.39, 0.29) is 18.4 Å². The van der Waals surface area contributed by atoms with Gasteiger partial charge in [-0.1, -0.05) is 6.07 Å². The normalized spacial score (nSPS) is 28.9. The highest BCUT2D eigenvalue weighted by Crippen LogP contribution is 2.51. The van der Waals surface area contributed by atoms with Crippen LogP contribution in [0.5, 0.6) is 5.75 Å². The molecule has 0 aromatic heterocycles. The van der Waals surface area contributed by atoms with Crippen molar-refractivity contribution >= 4 is 44.6 Å². The smallest absolute Gasteiger partial charge is 0.431 e. The largest absolute Gasteiger partial charge is 0.465 e. The molecule has 3 aliphatic heterocycles. The van der Waals surface area contributed by atoms with Crippen molar-refractivity contribution < 1.29 is 59.1 Å². The molecule has 3 aliphatic rings. The van der Waals surface area contributed by atoms with Gasteiger partial charge >= 0.3 is 33.2 Å². The summed E-state index contributed by atoms with van der Waals surface area (Å²) in [5.74, 6) is -8.96. The van der Waals surface area contributed by atoms with Crippen LogP contribution in [0.4, 0.5) is 17.6 Å². The third kappa shape index (κ3) is 3.95. The van der Waals surface area contributed by atoms with Crippen LogP contribution >= 0.6 is 22.6 Å². The van der Waals surface area contributed by atoms with Gasteiger partial charge in [-0.05, 0) is 41.1 Å². The lowest BCUT2D eigenvalue weighted by Gasteiger charge is -2.39. The van der Waals surface area contributed by atoms with E-state index in [0.29, 0.717) is 9.32 Å². The second-order valence-corrected chi connectivity index (χ2v) is 10.4. The molecule has 3 heterocycles. The molecule has 4 rings (SSSR count). The summed E-state index contributed by atoms with van der Waals surface area (Å²) < 4.78 is 105. The van der Waals surface area contributed by atoms with Crippen molar-refractivity contribution in [3.8, 4) is 5.75 Å². The zero-order chi connectivity index (χ0) is 24.4. The van der Waals surface area contributed by atoms with Gasteiger partial charge in [0, 0.05) is 0 Å². The molecule has 1 spiro atoms. The summed E-state index contributed by atoms with van der Waals surface area (Å²) in [6.07, 6.45) is -3.65. The highest BCUT2D eigenvalue weighted by molar-refractivity contribution is 14.1. The summed E-state index contributed by atoms with van der Waals surface area (Å²) in [6, 6.07) is 4.91. The lowest BCUT2D eigenvalue weighted by atomic mass is 9.84. The van der Waals surface area contributed by atoms with Crippen molar-refractivity contribution in [2.45, 2.75) is 48.4 Å². The Balaban J connectivity index is 1.38. The quantitative estimate of drug-likeness (QED) is 0.224. The first-order valence-electron chi connectivity index (χ1n) is 9.44. The van der Waals surface area contributed by atoms with E-state index in [0.717, 1.165) is 0 Å². The molecular formula is C18H15F4IO9S. The predicted octanol–water partition coefficient (Wildman–Crippen LogP) is 2.76. The number of para-hydroxylation sites is 1. The minimum Gasteiger partial charge on any atom is -0.465 e. The summed E-state index contributed by atoms with van der Waals surface area (Å²) in [6.45, 7) is -1.23. The van der Waals surface area contributed by atoms with Crippen LogP contribution in [0.2, 0.25) is 0 Å². The fourth-order valence-corrected chi connectivity index (χ4v) is 5.08. The summed E-state index contributed by atoms with van der Waals surface area (Å²) in [5.41, 5.74) is 0.230. The van der Waals surface area contributed by atoms with E-state index in [9.17, 15) is 35.6 Å². The fourth-order valence-electron chi connectivity index (χ4n) is 3.99. The fraction of sp³-hybridized carbons (Fsp3) is 0.556. The number of ether oxygens (including phenoxy) is 4. The summed E-state index contributed by atoms with van der Waals surface area (Å²) in [5, 5.41) is -5.75. The molecule has 1 N–H and O–H groups in total. The minimum absolute atomic E-state index is 0.0485. The van der Waals surface area contributed by atoms with Crippen LogP contribution in [0.25, 0.3) is 0 Å². The Kier molecular flexibility index (Phi) is 5.85. The molecule has 33 heavy (non-hydrogen) atoms. The van der Waals surface area contributed by atoms with Crippen molar-refractivity contribution in [2.24, 2.45) is 5.92 Å². The van der Waals surface area contributed by atoms with Gasteiger partial charge in [-0.2, -0.15) is 26.0 Å². The van der Waals surface area contributed by atoms with Gasteiger partial charge in [-0.15, -0.1) is 0 Å². The maximum absolute atomic E-state index is 13.5. The first-order valence-corrected chi connectivity index (χ1v) is 12.0. The first kappa shape index (κ1) is 24.4. The van der Waals surface area contributed by atoms with Gasteiger partial charge < -0.3 is 18.9 Å². The molecule has 4 unspecified atom stereocenters. The van der Waals surface area contributed by atoms with Crippen molar-refractivity contribution in [1.82, 2.24) is 0 Å². The van der Waals surface area contributed by atoms with Crippen LogP contribution in [-0.4, -0.2) is 60.7 Å². The summed E-state index contributed by atoms with van der Waals surface area (Å²) in [7, 11) is -6.38. The van der Waals surface area contributed by atoms with Crippen LogP contribution in [0, 0.1) is 9.49 Å². The number of carbonyl (C=O) groups is 2. The third-order valence-electron chi connectivity index (χ3n) is 5.67. The molecule has 15 heteroatoms. The van der Waals surface area contributed by atoms with Crippen LogP contribution in [0.3, 0.4) is 0 Å². The van der Waals surface area contributed by atoms with E-state index < -0.39 is 70.2 Å². The van der Waals surface area contributed by atoms with Gasteiger partial charge in [-0.3, -0.25) is 9.35 Å². The maximum Gasteiger partial charge on any atom is 0.431 e. The molecule has 4 atom stereocenters. The molecule has 0 amide bonds. The molecular weight excluding hydrogens is 595 g/mol. The molecule has 0 saturated carbocycles. The second-order valence-electron chi connectivity index (χ2n) is 7.74. The van der Waals surface area contributed by atoms with Gasteiger partial charge in [0.2, 0.25) is 0 Å². The molecule has 182 valence electrons. The van der Waals surface area contributed by atoms with Crippen molar-refractivity contribution in [2.75, 3.05) is 6.61 Å². The SMILES string of the molecule is O=C1OC2(CC3OC2CC3C(=O)OCCC(F)(F)C(F)(F)S(=O)(=O)O)Oc2c(I)cccc21. The monoisotopic (exact) mass is 610 g/mol. The Bertz CT molecular complexity index is 1110. The van der Waals surface area contributed by atoms with E-state index in [1.165, 1.54) is 6.07 Å². The summed E-state index contributed by atoms with van der Waals surface area (Å²) >= 11 is 1.98. The molecule has 2 saturated heterocycles. The van der Waals surface area contributed by atoms with Gasteiger partial charge in [0.25, 0.3) is 5.79 Å². The van der Waals surface area contributed by atoms with Crippen LogP contribution in [-0.2, 0) is 29.1 Å². The number of benzene rings is 1. The number of halogens is 5. The van der Waals surface area contributed by atoms with Crippen LogP contribution < -0.4 is 4.74 Å². The van der Waals surface area contributed by atoms with Crippen LogP contribution in [0.1, 0.15) is 29.6 Å². The van der Waals surface area contributed by atoms with E-state index in [1.807, 2.05) is 22.6 Å². The number of alkyl halides is 4. The minimum atomic E-state index is -6.38. The maximum atomic E-state index is 13.5. The van der Waals surface area contributed by atoms with Crippen molar-refractivity contribution in [1.29, 1.82) is 0 Å². The average Bonchev–Trinajstić information content (AvgIpc) is 3.26. The Labute approximate surface area is 197 Å². The van der Waals surface area contributed by atoms with E-state index >= 15 is 0 Å². The van der Waals surface area contributed by atoms with Gasteiger partial charge in [-0.25, -0.2) is 4.79 Å². The first-order chi connectivity index (χ1) is 15.2. The Morgan fingerprint density at radius 2 is 1.97 bits per heavy atom. The number of hydrogen-bond acceptors (Lipinski definition) is 8. The predicted molar refractivity (Wildman–Crippen MR) is 106 cm³/mol. The van der Waals surface area contributed by atoms with E-state index in [2.05, 4.69) is 4.74 Å². The number of carbonyl (C=O) groups excluding carboxylic acids is 2. The molecule has 2 fully saturated rings. The van der Waals surface area contributed by atoms with Crippen molar-refractivity contribution in [3.05, 3.63) is 27.3 Å². The van der Waals surface area contributed by atoms with Gasteiger partial charge in [0.05, 0.1) is 35.0 Å². The third-order valence-corrected chi connectivity index (χ3v) is 7.47. The molecule has 1 aromatic rings. The average molecular weight is 610 g/mol. The molecule has 9 nitrogen and oxygen atoms in total. The Hall–Kier alpha value is -1.72. The topological polar surface area (TPSA) is 125 Å². The zero-order valence-electron chi connectivity index (χ0n) is 16.3. The van der Waals surface area contributed by atoms with Gasteiger partial charge in [0.1, 0.15) is 11.7 Å². The van der Waals surface area contributed by atoms with E-state index in [4.69, 9.17) is 18.8 Å². The Morgan fingerprint density at radius 1 is 1.27 bits per heavy atom. The van der Waals surface area contributed by atoms with Crippen molar-refractivity contribution in [3.63, 3.8) is 0 Å². The number of fused-ring (bicyclic) bond motifs is 4.